The number of imidazole rings is 1. The normalized spacial score (nSPS) is 17.4. The largest absolute Gasteiger partial charge is 0.493 e. The molecule has 0 saturated heterocycles. The molecule has 5 aromatic rings. The highest BCUT2D eigenvalue weighted by Crippen LogP contribution is 2.32. The molecule has 0 radical (unpaired) electrons. The molecule has 0 saturated carbocycles. The van der Waals surface area contributed by atoms with Crippen LogP contribution >= 0.6 is 0 Å². The van der Waals surface area contributed by atoms with E-state index in [-0.39, 0.29) is 23.4 Å². The van der Waals surface area contributed by atoms with E-state index in [1.165, 1.54) is 0 Å². The highest BCUT2D eigenvalue weighted by Gasteiger charge is 2.30. The van der Waals surface area contributed by atoms with Gasteiger partial charge in [-0.2, -0.15) is 5.10 Å². The molecule has 2 aliphatic heterocycles. The number of para-hydroxylation sites is 1. The summed E-state index contributed by atoms with van der Waals surface area (Å²) < 4.78 is 17.4. The molecular weight excluding hydrogens is 624 g/mol. The van der Waals surface area contributed by atoms with Crippen molar-refractivity contribution >= 4 is 11.8 Å². The summed E-state index contributed by atoms with van der Waals surface area (Å²) in [5.74, 6) is 2.64. The van der Waals surface area contributed by atoms with E-state index in [1.54, 1.807) is 30.5 Å². The summed E-state index contributed by atoms with van der Waals surface area (Å²) in [5, 5.41) is 12.7. The first-order valence-electron chi connectivity index (χ1n) is 16.8. The number of rotatable bonds is 4. The van der Waals surface area contributed by atoms with Gasteiger partial charge >= 0.3 is 0 Å². The van der Waals surface area contributed by atoms with Crippen LogP contribution in [0.5, 0.6) is 11.5 Å². The average Bonchev–Trinajstić information content (AvgIpc) is 3.93. The highest BCUT2D eigenvalue weighted by atomic mass is 16.5. The molecule has 2 amide bonds. The van der Waals surface area contributed by atoms with Crippen LogP contribution in [-0.2, 0) is 24.3 Å². The van der Waals surface area contributed by atoms with E-state index in [9.17, 15) is 9.59 Å². The van der Waals surface area contributed by atoms with Gasteiger partial charge in [0.1, 0.15) is 18.0 Å². The van der Waals surface area contributed by atoms with E-state index in [4.69, 9.17) is 9.47 Å². The fraction of sp³-hybridized carbons (Fsp3) is 0.400. The molecule has 1 atom stereocenters. The van der Waals surface area contributed by atoms with Crippen LogP contribution in [0.1, 0.15) is 42.0 Å². The van der Waals surface area contributed by atoms with E-state index >= 15 is 0 Å². The Bertz CT molecular complexity index is 1880. The third kappa shape index (κ3) is 7.17. The minimum atomic E-state index is -0.190. The number of carbonyl (C=O) groups is 2. The molecule has 2 bridgehead atoms. The fourth-order valence-corrected chi connectivity index (χ4v) is 6.53. The molecule has 254 valence electrons. The topological polar surface area (TPSA) is 138 Å². The molecule has 2 aromatic carbocycles. The second kappa shape index (κ2) is 14.7. The zero-order chi connectivity index (χ0) is 33.6. The molecular formula is C35H40N10O4. The lowest BCUT2D eigenvalue weighted by molar-refractivity contribution is -0.136. The molecule has 7 rings (SSSR count). The number of fused-ring (bicyclic) bond motifs is 5. The molecule has 0 fully saturated rings. The van der Waals surface area contributed by atoms with Crippen molar-refractivity contribution in [3.05, 3.63) is 85.0 Å². The molecule has 5 heterocycles. The van der Waals surface area contributed by atoms with Gasteiger partial charge in [0.15, 0.2) is 17.2 Å². The van der Waals surface area contributed by atoms with Gasteiger partial charge in [-0.3, -0.25) is 14.3 Å². The summed E-state index contributed by atoms with van der Waals surface area (Å²) in [6.07, 6.45) is 10.3. The SMILES string of the molecule is COc1ccc2cc1OCCCN(C(=O)c1cn(-c3ccccc3)nn1)CCCCN(C(=O)C1CCn3ncnc3C1)CCn1ccnc1-2. The number of ether oxygens (including phenoxy) is 2. The van der Waals surface area contributed by atoms with Gasteiger partial charge in [0, 0.05) is 69.6 Å². The Kier molecular flexibility index (Phi) is 9.62. The van der Waals surface area contributed by atoms with Crippen molar-refractivity contribution in [2.45, 2.75) is 45.2 Å². The van der Waals surface area contributed by atoms with Crippen molar-refractivity contribution in [3.63, 3.8) is 0 Å². The smallest absolute Gasteiger partial charge is 0.276 e. The lowest BCUT2D eigenvalue weighted by atomic mass is 9.96. The summed E-state index contributed by atoms with van der Waals surface area (Å²) in [6, 6.07) is 15.4. The number of hydrogen-bond donors (Lipinski definition) is 0. The van der Waals surface area contributed by atoms with Gasteiger partial charge in [0.05, 0.1) is 25.6 Å². The molecule has 0 aliphatic carbocycles. The minimum absolute atomic E-state index is 0.124. The summed E-state index contributed by atoms with van der Waals surface area (Å²) in [4.78, 5) is 40.6. The van der Waals surface area contributed by atoms with Crippen molar-refractivity contribution in [1.29, 1.82) is 0 Å². The van der Waals surface area contributed by atoms with Gasteiger partial charge in [0.2, 0.25) is 5.91 Å². The van der Waals surface area contributed by atoms with Gasteiger partial charge in [-0.05, 0) is 56.0 Å². The van der Waals surface area contributed by atoms with E-state index in [2.05, 4.69) is 29.9 Å². The van der Waals surface area contributed by atoms with Crippen LogP contribution in [0, 0.1) is 5.92 Å². The van der Waals surface area contributed by atoms with Crippen LogP contribution < -0.4 is 9.47 Å². The Morgan fingerprint density at radius 3 is 2.61 bits per heavy atom. The third-order valence-electron chi connectivity index (χ3n) is 9.18. The molecule has 14 nitrogen and oxygen atoms in total. The zero-order valence-electron chi connectivity index (χ0n) is 27.6. The van der Waals surface area contributed by atoms with Gasteiger partial charge in [0.25, 0.3) is 5.91 Å². The van der Waals surface area contributed by atoms with Crippen LogP contribution in [0.3, 0.4) is 0 Å². The fourth-order valence-electron chi connectivity index (χ4n) is 6.53. The Balaban J connectivity index is 1.13. The van der Waals surface area contributed by atoms with E-state index in [0.29, 0.717) is 76.6 Å². The van der Waals surface area contributed by atoms with E-state index < -0.39 is 0 Å². The number of carbonyl (C=O) groups excluding carboxylic acids is 2. The number of aryl methyl sites for hydroxylation is 1. The number of amides is 2. The third-order valence-corrected chi connectivity index (χ3v) is 9.18. The molecule has 14 heteroatoms. The maximum absolute atomic E-state index is 14.0. The summed E-state index contributed by atoms with van der Waals surface area (Å²) in [6.45, 7) is 3.72. The first-order valence-corrected chi connectivity index (χ1v) is 16.8. The Morgan fingerprint density at radius 2 is 1.76 bits per heavy atom. The lowest BCUT2D eigenvalue weighted by Gasteiger charge is -2.30. The van der Waals surface area contributed by atoms with Crippen molar-refractivity contribution < 1.29 is 19.1 Å². The van der Waals surface area contributed by atoms with Crippen LogP contribution in [0.15, 0.2) is 73.4 Å². The van der Waals surface area contributed by atoms with Gasteiger partial charge in [-0.15, -0.1) is 5.10 Å². The number of methoxy groups -OCH3 is 1. The quantitative estimate of drug-likeness (QED) is 0.283. The lowest BCUT2D eigenvalue weighted by Crippen LogP contribution is -2.42. The Labute approximate surface area is 284 Å². The number of benzene rings is 2. The minimum Gasteiger partial charge on any atom is -0.493 e. The zero-order valence-corrected chi connectivity index (χ0v) is 27.6. The van der Waals surface area contributed by atoms with Crippen molar-refractivity contribution in [2.24, 2.45) is 5.92 Å². The summed E-state index contributed by atoms with van der Waals surface area (Å²) in [7, 11) is 1.61. The predicted octanol–water partition coefficient (Wildman–Crippen LogP) is 3.53. The molecule has 0 N–H and O–H groups in total. The van der Waals surface area contributed by atoms with Crippen molar-refractivity contribution in [1.82, 2.24) is 49.1 Å². The highest BCUT2D eigenvalue weighted by molar-refractivity contribution is 5.92. The van der Waals surface area contributed by atoms with Crippen LogP contribution in [0.4, 0.5) is 0 Å². The molecule has 1 unspecified atom stereocenters. The van der Waals surface area contributed by atoms with Crippen LogP contribution in [0.2, 0.25) is 0 Å². The number of hydrogen-bond acceptors (Lipinski definition) is 9. The molecule has 0 spiro atoms. The first-order chi connectivity index (χ1) is 24.1. The van der Waals surface area contributed by atoms with Gasteiger partial charge in [-0.1, -0.05) is 23.4 Å². The molecule has 2 aliphatic rings. The molecule has 49 heavy (non-hydrogen) atoms. The van der Waals surface area contributed by atoms with Crippen LogP contribution in [0.25, 0.3) is 17.1 Å². The second-order valence-corrected chi connectivity index (χ2v) is 12.3. The summed E-state index contributed by atoms with van der Waals surface area (Å²) >= 11 is 0. The van der Waals surface area contributed by atoms with Gasteiger partial charge < -0.3 is 23.8 Å². The van der Waals surface area contributed by atoms with Gasteiger partial charge in [-0.25, -0.2) is 14.6 Å². The maximum Gasteiger partial charge on any atom is 0.276 e. The first kappa shape index (κ1) is 32.0. The number of aromatic nitrogens is 8. The van der Waals surface area contributed by atoms with Crippen molar-refractivity contribution in [2.75, 3.05) is 39.9 Å². The maximum atomic E-state index is 14.0. The van der Waals surface area contributed by atoms with E-state index in [0.717, 1.165) is 35.7 Å². The Morgan fingerprint density at radius 1 is 0.918 bits per heavy atom. The average molecular weight is 665 g/mol. The predicted molar refractivity (Wildman–Crippen MR) is 179 cm³/mol. The monoisotopic (exact) mass is 664 g/mol. The van der Waals surface area contributed by atoms with E-state index in [1.807, 2.05) is 69.2 Å². The standard InChI is InChI=1S/C35H40N10O4/c1-48-30-11-10-26-22-31(30)49-21-7-16-42(35(47)29-24-45(40-39-29)28-8-3-2-4-9-28)14-5-6-15-43(20-19-41-18-13-36-33(26)41)34(46)27-12-17-44-32(23-27)37-25-38-44/h2-4,8-11,13,18,22,24-25,27H,5-7,12,14-17,19-21,23H2,1H3. The molecule has 3 aromatic heterocycles. The van der Waals surface area contributed by atoms with Crippen molar-refractivity contribution in [3.8, 4) is 28.6 Å². The number of nitrogens with zero attached hydrogens (tertiary/aromatic N) is 10. The van der Waals surface area contributed by atoms with Crippen LogP contribution in [-0.4, -0.2) is 101 Å². The second-order valence-electron chi connectivity index (χ2n) is 12.3. The summed E-state index contributed by atoms with van der Waals surface area (Å²) in [5.41, 5.74) is 1.99. The Hall–Kier alpha value is -5.53.